The van der Waals surface area contributed by atoms with Crippen LogP contribution in [0.5, 0.6) is 0 Å². The second-order valence-electron chi connectivity index (χ2n) is 5.62. The second-order valence-corrected chi connectivity index (χ2v) is 5.62. The Bertz CT molecular complexity index is 331. The average Bonchev–Trinajstić information content (AvgIpc) is 2.37. The minimum atomic E-state index is -0.570. The SMILES string of the molecule is CC(C)C(C(=O)NCC1CCCCN1C)C(N)=NO. The number of amidine groups is 1. The van der Waals surface area contributed by atoms with Crippen molar-refractivity contribution in [1.29, 1.82) is 0 Å². The smallest absolute Gasteiger partial charge is 0.231 e. The van der Waals surface area contributed by atoms with Crippen molar-refractivity contribution < 1.29 is 10.0 Å². The Morgan fingerprint density at radius 2 is 2.21 bits per heavy atom. The molecule has 0 saturated carbocycles. The minimum Gasteiger partial charge on any atom is -0.409 e. The Morgan fingerprint density at radius 3 is 2.74 bits per heavy atom. The summed E-state index contributed by atoms with van der Waals surface area (Å²) in [6, 6.07) is 0.387. The number of hydrogen-bond donors (Lipinski definition) is 3. The number of nitrogens with one attached hydrogen (secondary N) is 1. The summed E-state index contributed by atoms with van der Waals surface area (Å²) >= 11 is 0. The number of likely N-dealkylation sites (tertiary alicyclic amines) is 1. The maximum Gasteiger partial charge on any atom is 0.231 e. The lowest BCUT2D eigenvalue weighted by molar-refractivity contribution is -0.124. The highest BCUT2D eigenvalue weighted by atomic mass is 16.4. The summed E-state index contributed by atoms with van der Waals surface area (Å²) in [6.45, 7) is 5.47. The van der Waals surface area contributed by atoms with Gasteiger partial charge in [-0.05, 0) is 32.4 Å². The van der Waals surface area contributed by atoms with Gasteiger partial charge in [0, 0.05) is 12.6 Å². The predicted octanol–water partition coefficient (Wildman–Crippen LogP) is 0.606. The summed E-state index contributed by atoms with van der Waals surface area (Å²) in [6.07, 6.45) is 3.53. The van der Waals surface area contributed by atoms with Gasteiger partial charge in [-0.1, -0.05) is 25.4 Å². The predicted molar refractivity (Wildman–Crippen MR) is 75.0 cm³/mol. The van der Waals surface area contributed by atoms with Gasteiger partial charge < -0.3 is 21.2 Å². The summed E-state index contributed by atoms with van der Waals surface area (Å²) in [5.74, 6) is -0.757. The largest absolute Gasteiger partial charge is 0.409 e. The van der Waals surface area contributed by atoms with Crippen LogP contribution in [0.15, 0.2) is 5.16 Å². The van der Waals surface area contributed by atoms with E-state index in [1.165, 1.54) is 12.8 Å². The average molecular weight is 270 g/mol. The van der Waals surface area contributed by atoms with E-state index in [2.05, 4.69) is 22.4 Å². The Hall–Kier alpha value is -1.30. The van der Waals surface area contributed by atoms with Crippen LogP contribution in [0.4, 0.5) is 0 Å². The minimum absolute atomic E-state index is 0.0000135. The first-order valence-corrected chi connectivity index (χ1v) is 6.92. The van der Waals surface area contributed by atoms with Crippen LogP contribution in [-0.4, -0.2) is 48.0 Å². The lowest BCUT2D eigenvalue weighted by Crippen LogP contribution is -2.48. The topological polar surface area (TPSA) is 91.0 Å². The summed E-state index contributed by atoms with van der Waals surface area (Å²) in [5, 5.41) is 14.6. The number of nitrogens with two attached hydrogens (primary N) is 1. The molecule has 6 heteroatoms. The van der Waals surface area contributed by atoms with Crippen molar-refractivity contribution in [2.75, 3.05) is 20.1 Å². The van der Waals surface area contributed by atoms with Crippen molar-refractivity contribution in [3.63, 3.8) is 0 Å². The number of carbonyl (C=O) groups excluding carboxylic acids is 1. The van der Waals surface area contributed by atoms with E-state index in [0.717, 1.165) is 13.0 Å². The molecule has 1 aliphatic heterocycles. The van der Waals surface area contributed by atoms with E-state index in [9.17, 15) is 4.79 Å². The number of likely N-dealkylation sites (N-methyl/N-ethyl adjacent to an activating group) is 1. The fraction of sp³-hybridized carbons (Fsp3) is 0.846. The summed E-state index contributed by atoms with van der Waals surface area (Å²) in [7, 11) is 2.08. The van der Waals surface area contributed by atoms with E-state index in [1.807, 2.05) is 13.8 Å². The molecule has 4 N–H and O–H groups in total. The van der Waals surface area contributed by atoms with E-state index < -0.39 is 5.92 Å². The molecular weight excluding hydrogens is 244 g/mol. The number of oxime groups is 1. The number of piperidine rings is 1. The molecule has 1 aliphatic rings. The van der Waals surface area contributed by atoms with Gasteiger partial charge >= 0.3 is 0 Å². The van der Waals surface area contributed by atoms with Gasteiger partial charge in [0.15, 0.2) is 5.84 Å². The van der Waals surface area contributed by atoms with Crippen LogP contribution in [0.1, 0.15) is 33.1 Å². The highest BCUT2D eigenvalue weighted by molar-refractivity contribution is 6.02. The third kappa shape index (κ3) is 4.38. The molecule has 0 radical (unpaired) electrons. The van der Waals surface area contributed by atoms with Crippen LogP contribution in [0.2, 0.25) is 0 Å². The molecule has 0 aliphatic carbocycles. The van der Waals surface area contributed by atoms with E-state index in [1.54, 1.807) is 0 Å². The van der Waals surface area contributed by atoms with E-state index in [0.29, 0.717) is 12.6 Å². The molecular formula is C13H26N4O2. The van der Waals surface area contributed by atoms with Gasteiger partial charge in [0.1, 0.15) is 5.92 Å². The first-order valence-electron chi connectivity index (χ1n) is 6.92. The Morgan fingerprint density at radius 1 is 1.53 bits per heavy atom. The highest BCUT2D eigenvalue weighted by Gasteiger charge is 2.28. The molecule has 1 saturated heterocycles. The van der Waals surface area contributed by atoms with Crippen molar-refractivity contribution >= 4 is 11.7 Å². The molecule has 0 aromatic rings. The highest BCUT2D eigenvalue weighted by Crippen LogP contribution is 2.15. The zero-order valence-corrected chi connectivity index (χ0v) is 12.1. The fourth-order valence-corrected chi connectivity index (χ4v) is 2.57. The molecule has 1 fully saturated rings. The van der Waals surface area contributed by atoms with Crippen LogP contribution in [0.25, 0.3) is 0 Å². The molecule has 2 atom stereocenters. The number of rotatable bonds is 5. The van der Waals surface area contributed by atoms with Gasteiger partial charge in [-0.25, -0.2) is 0 Å². The zero-order valence-electron chi connectivity index (χ0n) is 12.1. The number of carbonyl (C=O) groups is 1. The standard InChI is InChI=1S/C13H26N4O2/c1-9(2)11(12(14)16-19)13(18)15-8-10-6-4-5-7-17(10)3/h9-11,19H,4-8H2,1-3H3,(H2,14,16)(H,15,18). The van der Waals surface area contributed by atoms with Crippen LogP contribution >= 0.6 is 0 Å². The van der Waals surface area contributed by atoms with Crippen LogP contribution in [-0.2, 0) is 4.79 Å². The molecule has 0 spiro atoms. The maximum atomic E-state index is 12.1. The zero-order chi connectivity index (χ0) is 14.4. The Kier molecular flexibility index (Phi) is 6.08. The van der Waals surface area contributed by atoms with Crippen LogP contribution in [0.3, 0.4) is 0 Å². The second kappa shape index (κ2) is 7.33. The molecule has 0 bridgehead atoms. The number of nitrogens with zero attached hydrogens (tertiary/aromatic N) is 2. The van der Waals surface area contributed by atoms with Crippen molar-refractivity contribution in [1.82, 2.24) is 10.2 Å². The molecule has 110 valence electrons. The monoisotopic (exact) mass is 270 g/mol. The van der Waals surface area contributed by atoms with E-state index in [4.69, 9.17) is 10.9 Å². The van der Waals surface area contributed by atoms with E-state index >= 15 is 0 Å². The van der Waals surface area contributed by atoms with Crippen molar-refractivity contribution in [3.8, 4) is 0 Å². The first kappa shape index (κ1) is 15.8. The van der Waals surface area contributed by atoms with Crippen molar-refractivity contribution in [2.45, 2.75) is 39.2 Å². The van der Waals surface area contributed by atoms with Crippen molar-refractivity contribution in [2.24, 2.45) is 22.7 Å². The van der Waals surface area contributed by atoms with Crippen LogP contribution in [0, 0.1) is 11.8 Å². The molecule has 6 nitrogen and oxygen atoms in total. The molecule has 1 amide bonds. The number of amides is 1. The normalized spacial score (nSPS) is 23.4. The number of hydrogen-bond acceptors (Lipinski definition) is 4. The van der Waals surface area contributed by atoms with Crippen LogP contribution < -0.4 is 11.1 Å². The summed E-state index contributed by atoms with van der Waals surface area (Å²) in [4.78, 5) is 14.4. The van der Waals surface area contributed by atoms with Gasteiger partial charge in [0.05, 0.1) is 0 Å². The first-order chi connectivity index (χ1) is 8.97. The lowest BCUT2D eigenvalue weighted by atomic mass is 9.93. The van der Waals surface area contributed by atoms with Gasteiger partial charge in [-0.3, -0.25) is 4.79 Å². The lowest BCUT2D eigenvalue weighted by Gasteiger charge is -2.33. The quantitative estimate of drug-likeness (QED) is 0.295. The summed E-state index contributed by atoms with van der Waals surface area (Å²) < 4.78 is 0. The third-order valence-corrected chi connectivity index (χ3v) is 3.82. The Balaban J connectivity index is 2.52. The third-order valence-electron chi connectivity index (χ3n) is 3.82. The van der Waals surface area contributed by atoms with Gasteiger partial charge in [-0.15, -0.1) is 0 Å². The molecule has 1 heterocycles. The molecule has 0 aromatic heterocycles. The summed E-state index contributed by atoms with van der Waals surface area (Å²) in [5.41, 5.74) is 5.58. The molecule has 0 aromatic carbocycles. The fourth-order valence-electron chi connectivity index (χ4n) is 2.57. The van der Waals surface area contributed by atoms with E-state index in [-0.39, 0.29) is 17.7 Å². The van der Waals surface area contributed by atoms with Crippen molar-refractivity contribution in [3.05, 3.63) is 0 Å². The van der Waals surface area contributed by atoms with Gasteiger partial charge in [0.25, 0.3) is 0 Å². The molecule has 2 unspecified atom stereocenters. The molecule has 1 rings (SSSR count). The maximum absolute atomic E-state index is 12.1. The Labute approximate surface area is 115 Å². The van der Waals surface area contributed by atoms with Gasteiger partial charge in [-0.2, -0.15) is 0 Å². The van der Waals surface area contributed by atoms with Gasteiger partial charge in [0.2, 0.25) is 5.91 Å². The molecule has 19 heavy (non-hydrogen) atoms.